The predicted octanol–water partition coefficient (Wildman–Crippen LogP) is 4.30. The molecule has 0 amide bonds. The monoisotopic (exact) mass is 309 g/mol. The third-order valence-corrected chi connectivity index (χ3v) is 2.75. The fourth-order valence-corrected chi connectivity index (χ4v) is 1.66. The highest BCUT2D eigenvalue weighted by Crippen LogP contribution is 2.53. The van der Waals surface area contributed by atoms with E-state index in [-0.39, 0.29) is 11.3 Å². The van der Waals surface area contributed by atoms with Crippen LogP contribution in [-0.4, -0.2) is 12.4 Å². The van der Waals surface area contributed by atoms with Crippen molar-refractivity contribution in [2.45, 2.75) is 23.9 Å². The van der Waals surface area contributed by atoms with E-state index >= 15 is 0 Å². The first kappa shape index (κ1) is 15.9. The molecule has 0 aliphatic carbocycles. The summed E-state index contributed by atoms with van der Waals surface area (Å²) in [4.78, 5) is 0. The average Bonchev–Trinajstić information content (AvgIpc) is 2.25. The zero-order chi connectivity index (χ0) is 15.1. The third-order valence-electron chi connectivity index (χ3n) is 2.47. The Labute approximate surface area is 108 Å². The van der Waals surface area contributed by atoms with Gasteiger partial charge in [0.05, 0.1) is 0 Å². The van der Waals surface area contributed by atoms with Crippen molar-refractivity contribution in [3.05, 3.63) is 29.3 Å². The highest BCUT2D eigenvalue weighted by Gasteiger charge is 2.73. The molecule has 0 saturated carbocycles. The van der Waals surface area contributed by atoms with E-state index in [9.17, 15) is 30.7 Å². The van der Waals surface area contributed by atoms with Gasteiger partial charge in [0, 0.05) is 17.1 Å². The molecule has 1 aromatic rings. The van der Waals surface area contributed by atoms with Gasteiger partial charge in [-0.25, -0.2) is 4.39 Å². The number of nitrogen functional groups attached to an aromatic ring is 1. The van der Waals surface area contributed by atoms with Crippen LogP contribution in [0.25, 0.3) is 0 Å². The van der Waals surface area contributed by atoms with Crippen LogP contribution in [0, 0.1) is 0 Å². The van der Waals surface area contributed by atoms with Crippen molar-refractivity contribution < 1.29 is 30.7 Å². The summed E-state index contributed by atoms with van der Waals surface area (Å²) in [5.41, 5.74) is -2.10. The summed E-state index contributed by atoms with van der Waals surface area (Å²) in [6, 6.07) is 1.45. The average molecular weight is 310 g/mol. The molecule has 0 aliphatic rings. The lowest BCUT2D eigenvalue weighted by atomic mass is 9.92. The largest absolute Gasteiger partial charge is 0.435 e. The zero-order valence-electron chi connectivity index (χ0n) is 9.04. The number of nitrogens with two attached hydrogens (primary N) is 1. The second-order valence-electron chi connectivity index (χ2n) is 3.70. The Balaban J connectivity index is 3.52. The molecule has 0 aliphatic heterocycles. The Morgan fingerprint density at radius 2 is 1.42 bits per heavy atom. The topological polar surface area (TPSA) is 26.0 Å². The van der Waals surface area contributed by atoms with E-state index in [0.29, 0.717) is 12.1 Å². The lowest BCUT2D eigenvalue weighted by molar-refractivity contribution is -0.348. The number of rotatable bonds is 2. The van der Waals surface area contributed by atoms with E-state index in [1.807, 2.05) is 0 Å². The number of alkyl halides is 8. The predicted molar refractivity (Wildman–Crippen MR) is 55.3 cm³/mol. The first-order chi connectivity index (χ1) is 8.45. The summed E-state index contributed by atoms with van der Waals surface area (Å²) < 4.78 is 88.4. The van der Waals surface area contributed by atoms with Crippen LogP contribution in [0.5, 0.6) is 0 Å². The lowest BCUT2D eigenvalue weighted by Gasteiger charge is -2.30. The van der Waals surface area contributed by atoms with Crippen molar-refractivity contribution in [2.75, 3.05) is 5.73 Å². The molecule has 19 heavy (non-hydrogen) atoms. The molecule has 2 N–H and O–H groups in total. The first-order valence-electron chi connectivity index (χ1n) is 4.72. The molecular weight excluding hydrogens is 303 g/mol. The summed E-state index contributed by atoms with van der Waals surface area (Å²) in [7, 11) is 0. The number of hydrogen-bond donors (Lipinski definition) is 1. The first-order valence-corrected chi connectivity index (χ1v) is 5.25. The fourth-order valence-electron chi connectivity index (χ4n) is 1.42. The number of hydrogen-bond acceptors (Lipinski definition) is 1. The number of anilines is 1. The van der Waals surface area contributed by atoms with Crippen LogP contribution in [0.3, 0.4) is 0 Å². The third kappa shape index (κ3) is 2.58. The van der Waals surface area contributed by atoms with Crippen LogP contribution >= 0.6 is 11.6 Å². The molecule has 1 aromatic carbocycles. The number of benzene rings is 1. The second-order valence-corrected chi connectivity index (χ2v) is 3.97. The SMILES string of the molecule is Nc1ccc(C(F)(C(F)(F)F)C(F)(F)F)cc1CCl. The van der Waals surface area contributed by atoms with Gasteiger partial charge in [0.1, 0.15) is 0 Å². The molecule has 0 aromatic heterocycles. The van der Waals surface area contributed by atoms with Crippen molar-refractivity contribution >= 4 is 17.3 Å². The van der Waals surface area contributed by atoms with Gasteiger partial charge >= 0.3 is 18.0 Å². The van der Waals surface area contributed by atoms with Crippen LogP contribution in [0.4, 0.5) is 36.4 Å². The molecular formula is C10H7ClF7N. The van der Waals surface area contributed by atoms with Crippen molar-refractivity contribution in [3.8, 4) is 0 Å². The van der Waals surface area contributed by atoms with Gasteiger partial charge in [0.25, 0.3) is 0 Å². The summed E-state index contributed by atoms with van der Waals surface area (Å²) in [6.45, 7) is 0. The highest BCUT2D eigenvalue weighted by atomic mass is 35.5. The van der Waals surface area contributed by atoms with Crippen LogP contribution in [0.15, 0.2) is 18.2 Å². The van der Waals surface area contributed by atoms with Gasteiger partial charge in [-0.1, -0.05) is 6.07 Å². The minimum Gasteiger partial charge on any atom is -0.398 e. The van der Waals surface area contributed by atoms with Crippen molar-refractivity contribution in [3.63, 3.8) is 0 Å². The zero-order valence-corrected chi connectivity index (χ0v) is 9.80. The van der Waals surface area contributed by atoms with E-state index in [1.54, 1.807) is 0 Å². The van der Waals surface area contributed by atoms with E-state index in [2.05, 4.69) is 0 Å². The Morgan fingerprint density at radius 3 is 1.79 bits per heavy atom. The molecule has 0 heterocycles. The Bertz CT molecular complexity index is 452. The second kappa shape index (κ2) is 4.73. The van der Waals surface area contributed by atoms with Crippen molar-refractivity contribution in [2.24, 2.45) is 0 Å². The normalized spacial score (nSPS) is 13.7. The molecule has 1 nitrogen and oxygen atoms in total. The van der Waals surface area contributed by atoms with Crippen LogP contribution < -0.4 is 5.73 Å². The Hall–Kier alpha value is -1.18. The number of halogens is 8. The molecule has 0 fully saturated rings. The Morgan fingerprint density at radius 1 is 0.947 bits per heavy atom. The lowest BCUT2D eigenvalue weighted by Crippen LogP contribution is -2.50. The molecule has 0 unspecified atom stereocenters. The van der Waals surface area contributed by atoms with Crippen molar-refractivity contribution in [1.29, 1.82) is 0 Å². The van der Waals surface area contributed by atoms with Gasteiger partial charge in [0.15, 0.2) is 0 Å². The minimum atomic E-state index is -6.15. The summed E-state index contributed by atoms with van der Waals surface area (Å²) in [5.74, 6) is -0.439. The van der Waals surface area contributed by atoms with E-state index < -0.39 is 29.5 Å². The van der Waals surface area contributed by atoms with Gasteiger partial charge in [-0.15, -0.1) is 11.6 Å². The van der Waals surface area contributed by atoms with Gasteiger partial charge in [-0.2, -0.15) is 26.3 Å². The highest BCUT2D eigenvalue weighted by molar-refractivity contribution is 6.17. The smallest absolute Gasteiger partial charge is 0.398 e. The quantitative estimate of drug-likeness (QED) is 0.492. The standard InChI is InChI=1S/C10H7ClF7N/c11-4-5-3-6(1-2-7(5)19)8(12,9(13,14)15)10(16,17)18/h1-3H,4,19H2. The molecule has 0 spiro atoms. The fraction of sp³-hybridized carbons (Fsp3) is 0.400. The van der Waals surface area contributed by atoms with Crippen LogP contribution in [0.2, 0.25) is 0 Å². The van der Waals surface area contributed by atoms with Gasteiger partial charge in [-0.3, -0.25) is 0 Å². The molecule has 0 saturated heterocycles. The summed E-state index contributed by atoms with van der Waals surface area (Å²) >= 11 is 5.32. The van der Waals surface area contributed by atoms with E-state index in [1.165, 1.54) is 0 Å². The van der Waals surface area contributed by atoms with Gasteiger partial charge in [-0.05, 0) is 17.7 Å². The molecule has 1 rings (SSSR count). The summed E-state index contributed by atoms with van der Waals surface area (Å²) in [5, 5.41) is 0. The molecule has 0 radical (unpaired) electrons. The maximum absolute atomic E-state index is 13.7. The molecule has 0 atom stereocenters. The van der Waals surface area contributed by atoms with Crippen LogP contribution in [-0.2, 0) is 11.5 Å². The summed E-state index contributed by atoms with van der Waals surface area (Å²) in [6.07, 6.45) is -12.3. The van der Waals surface area contributed by atoms with Gasteiger partial charge < -0.3 is 5.73 Å². The minimum absolute atomic E-state index is 0.120. The molecule has 108 valence electrons. The van der Waals surface area contributed by atoms with Gasteiger partial charge in [0.2, 0.25) is 0 Å². The molecule has 9 heteroatoms. The Kier molecular flexibility index (Phi) is 3.96. The van der Waals surface area contributed by atoms with Crippen LogP contribution in [0.1, 0.15) is 11.1 Å². The maximum atomic E-state index is 13.7. The molecule has 0 bridgehead atoms. The maximum Gasteiger partial charge on any atom is 0.435 e. The van der Waals surface area contributed by atoms with E-state index in [0.717, 1.165) is 6.07 Å². The van der Waals surface area contributed by atoms with Crippen molar-refractivity contribution in [1.82, 2.24) is 0 Å². The van der Waals surface area contributed by atoms with E-state index in [4.69, 9.17) is 17.3 Å².